The number of hydrogen-bond acceptors (Lipinski definition) is 3. The molecule has 2 aliphatic rings. The van der Waals surface area contributed by atoms with E-state index in [1.807, 2.05) is 0 Å². The van der Waals surface area contributed by atoms with Crippen molar-refractivity contribution in [1.82, 2.24) is 10.6 Å². The zero-order chi connectivity index (χ0) is 12.5. The molecule has 96 valence electrons. The zero-order valence-corrected chi connectivity index (χ0v) is 11.1. The van der Waals surface area contributed by atoms with Gasteiger partial charge in [0.25, 0.3) is 0 Å². The van der Waals surface area contributed by atoms with Crippen LogP contribution < -0.4 is 10.6 Å². The van der Waals surface area contributed by atoms with Crippen LogP contribution >= 0.6 is 12.6 Å². The number of rotatable bonds is 6. The normalized spacial score (nSPS) is 22.7. The minimum Gasteiger partial charge on any atom is -0.354 e. The summed E-state index contributed by atoms with van der Waals surface area (Å²) in [5, 5.41) is 5.56. The Hall–Kier alpha value is -0.710. The summed E-state index contributed by atoms with van der Waals surface area (Å²) in [7, 11) is 0. The van der Waals surface area contributed by atoms with E-state index in [-0.39, 0.29) is 11.8 Å². The van der Waals surface area contributed by atoms with E-state index in [1.165, 1.54) is 32.6 Å². The summed E-state index contributed by atoms with van der Waals surface area (Å²) in [6, 6.07) is -0.508. The molecule has 0 saturated heterocycles. The Kier molecular flexibility index (Phi) is 3.66. The van der Waals surface area contributed by atoms with Gasteiger partial charge in [-0.15, -0.1) is 0 Å². The van der Waals surface area contributed by atoms with Gasteiger partial charge in [-0.2, -0.15) is 12.6 Å². The molecule has 2 aliphatic carbocycles. The van der Waals surface area contributed by atoms with Crippen LogP contribution in [0.3, 0.4) is 0 Å². The Bertz CT molecular complexity index is 324. The Morgan fingerprint density at radius 1 is 1.41 bits per heavy atom. The third-order valence-electron chi connectivity index (χ3n) is 3.83. The minimum atomic E-state index is -0.508. The van der Waals surface area contributed by atoms with Gasteiger partial charge in [0, 0.05) is 19.2 Å². The van der Waals surface area contributed by atoms with Crippen molar-refractivity contribution in [1.29, 1.82) is 0 Å². The highest BCUT2D eigenvalue weighted by molar-refractivity contribution is 7.80. The third kappa shape index (κ3) is 3.15. The largest absolute Gasteiger partial charge is 0.354 e. The van der Waals surface area contributed by atoms with E-state index in [0.717, 1.165) is 12.5 Å². The molecule has 0 spiro atoms. The molecule has 0 radical (unpaired) electrons. The van der Waals surface area contributed by atoms with Crippen molar-refractivity contribution < 1.29 is 9.59 Å². The summed E-state index contributed by atoms with van der Waals surface area (Å²) in [5.41, 5.74) is 0.396. The molecule has 0 aliphatic heterocycles. The second-order valence-corrected chi connectivity index (χ2v) is 5.66. The fraction of sp³-hybridized carbons (Fsp3) is 0.833. The smallest absolute Gasteiger partial charge is 0.243 e. The molecule has 17 heavy (non-hydrogen) atoms. The van der Waals surface area contributed by atoms with E-state index < -0.39 is 6.04 Å². The van der Waals surface area contributed by atoms with Crippen molar-refractivity contribution in [3.8, 4) is 0 Å². The summed E-state index contributed by atoms with van der Waals surface area (Å²) in [4.78, 5) is 22.8. The molecule has 5 heteroatoms. The lowest BCUT2D eigenvalue weighted by Crippen LogP contribution is -2.48. The first-order valence-corrected chi connectivity index (χ1v) is 6.86. The fourth-order valence-corrected chi connectivity index (χ4v) is 2.67. The van der Waals surface area contributed by atoms with Crippen LogP contribution in [0.4, 0.5) is 0 Å². The van der Waals surface area contributed by atoms with Gasteiger partial charge < -0.3 is 10.6 Å². The van der Waals surface area contributed by atoms with E-state index in [1.54, 1.807) is 0 Å². The number of thiol groups is 1. The van der Waals surface area contributed by atoms with Crippen molar-refractivity contribution in [2.45, 2.75) is 38.6 Å². The highest BCUT2D eigenvalue weighted by atomic mass is 32.1. The Morgan fingerprint density at radius 3 is 2.47 bits per heavy atom. The summed E-state index contributed by atoms with van der Waals surface area (Å²) >= 11 is 4.09. The van der Waals surface area contributed by atoms with Crippen LogP contribution in [0.1, 0.15) is 32.6 Å². The summed E-state index contributed by atoms with van der Waals surface area (Å²) < 4.78 is 0. The summed E-state index contributed by atoms with van der Waals surface area (Å²) in [5.74, 6) is 0.865. The summed E-state index contributed by atoms with van der Waals surface area (Å²) in [6.45, 7) is 2.18. The van der Waals surface area contributed by atoms with Crippen LogP contribution in [-0.2, 0) is 9.59 Å². The topological polar surface area (TPSA) is 58.2 Å². The Morgan fingerprint density at radius 2 is 2.06 bits per heavy atom. The highest BCUT2D eigenvalue weighted by Crippen LogP contribution is 2.60. The van der Waals surface area contributed by atoms with Crippen LogP contribution in [0.15, 0.2) is 0 Å². The van der Waals surface area contributed by atoms with Gasteiger partial charge in [-0.3, -0.25) is 9.59 Å². The first-order chi connectivity index (χ1) is 8.07. The molecule has 1 unspecified atom stereocenters. The van der Waals surface area contributed by atoms with E-state index in [4.69, 9.17) is 0 Å². The zero-order valence-electron chi connectivity index (χ0n) is 10.2. The van der Waals surface area contributed by atoms with Gasteiger partial charge in [-0.05, 0) is 37.0 Å². The van der Waals surface area contributed by atoms with Crippen molar-refractivity contribution in [3.63, 3.8) is 0 Å². The van der Waals surface area contributed by atoms with E-state index >= 15 is 0 Å². The molecule has 1 atom stereocenters. The quantitative estimate of drug-likeness (QED) is 0.614. The van der Waals surface area contributed by atoms with Gasteiger partial charge in [-0.1, -0.05) is 0 Å². The predicted molar refractivity (Wildman–Crippen MR) is 68.9 cm³/mol. The fourth-order valence-electron chi connectivity index (χ4n) is 2.41. The molecule has 0 bridgehead atoms. The van der Waals surface area contributed by atoms with Gasteiger partial charge >= 0.3 is 0 Å². The highest BCUT2D eigenvalue weighted by Gasteiger charge is 2.53. The van der Waals surface area contributed by atoms with Crippen LogP contribution in [0.5, 0.6) is 0 Å². The number of amides is 2. The molecule has 2 fully saturated rings. The van der Waals surface area contributed by atoms with Crippen LogP contribution in [0.25, 0.3) is 0 Å². The second kappa shape index (κ2) is 4.88. The number of carbonyl (C=O) groups excluding carboxylic acids is 2. The maximum Gasteiger partial charge on any atom is 0.243 e. The number of hydrogen-bond donors (Lipinski definition) is 3. The van der Waals surface area contributed by atoms with Crippen molar-refractivity contribution in [3.05, 3.63) is 0 Å². The molecule has 4 nitrogen and oxygen atoms in total. The Balaban J connectivity index is 1.77. The number of nitrogens with one attached hydrogen (secondary N) is 2. The van der Waals surface area contributed by atoms with Crippen LogP contribution in [0.2, 0.25) is 0 Å². The molecule has 2 N–H and O–H groups in total. The van der Waals surface area contributed by atoms with E-state index in [2.05, 4.69) is 23.3 Å². The second-order valence-electron chi connectivity index (χ2n) is 5.29. The molecular weight excluding hydrogens is 236 g/mol. The lowest BCUT2D eigenvalue weighted by atomic mass is 10.0. The molecule has 0 heterocycles. The minimum absolute atomic E-state index is 0.109. The lowest BCUT2D eigenvalue weighted by Gasteiger charge is -2.19. The van der Waals surface area contributed by atoms with E-state index in [9.17, 15) is 9.59 Å². The van der Waals surface area contributed by atoms with Crippen molar-refractivity contribution in [2.75, 3.05) is 12.3 Å². The average Bonchev–Trinajstić information content (AvgIpc) is 3.14. The number of carbonyl (C=O) groups is 2. The van der Waals surface area contributed by atoms with Gasteiger partial charge in [0.2, 0.25) is 11.8 Å². The van der Waals surface area contributed by atoms with Gasteiger partial charge in [0.1, 0.15) is 6.04 Å². The third-order valence-corrected chi connectivity index (χ3v) is 4.19. The monoisotopic (exact) mass is 256 g/mol. The Labute approximate surface area is 107 Å². The SMILES string of the molecule is CC(=O)NC(CS)C(=O)NCC1(C2CC2)CC1. The molecular formula is C12H20N2O2S. The van der Waals surface area contributed by atoms with Crippen molar-refractivity contribution in [2.24, 2.45) is 11.3 Å². The lowest BCUT2D eigenvalue weighted by molar-refractivity contribution is -0.127. The summed E-state index contributed by atoms with van der Waals surface area (Å²) in [6.07, 6.45) is 5.11. The first kappa shape index (κ1) is 12.7. The molecule has 0 aromatic carbocycles. The van der Waals surface area contributed by atoms with E-state index in [0.29, 0.717) is 11.2 Å². The predicted octanol–water partition coefficient (Wildman–Crippen LogP) is 0.727. The maximum atomic E-state index is 11.9. The molecule has 0 aromatic rings. The van der Waals surface area contributed by atoms with Crippen LogP contribution in [-0.4, -0.2) is 30.2 Å². The molecule has 2 rings (SSSR count). The molecule has 2 amide bonds. The molecule has 2 saturated carbocycles. The maximum absolute atomic E-state index is 11.9. The van der Waals surface area contributed by atoms with Gasteiger partial charge in [0.05, 0.1) is 0 Å². The van der Waals surface area contributed by atoms with Gasteiger partial charge in [-0.25, -0.2) is 0 Å². The van der Waals surface area contributed by atoms with Gasteiger partial charge in [0.15, 0.2) is 0 Å². The average molecular weight is 256 g/mol. The first-order valence-electron chi connectivity index (χ1n) is 6.23. The van der Waals surface area contributed by atoms with Crippen molar-refractivity contribution >= 4 is 24.4 Å². The molecule has 0 aromatic heterocycles. The standard InChI is InChI=1S/C12H20N2O2S/c1-8(15)14-10(6-17)11(16)13-7-12(4-5-12)9-2-3-9/h9-10,17H,2-7H2,1H3,(H,13,16)(H,14,15). The van der Waals surface area contributed by atoms with Crippen LogP contribution in [0, 0.1) is 11.3 Å².